The molecule has 0 saturated carbocycles. The van der Waals surface area contributed by atoms with Gasteiger partial charge in [0, 0.05) is 42.4 Å². The van der Waals surface area contributed by atoms with Gasteiger partial charge in [-0.2, -0.15) is 0 Å². The van der Waals surface area contributed by atoms with Gasteiger partial charge in [0.05, 0.1) is 0 Å². The highest BCUT2D eigenvalue weighted by atomic mass is 16.5. The highest BCUT2D eigenvalue weighted by molar-refractivity contribution is 5.93. The van der Waals surface area contributed by atoms with E-state index in [1.54, 1.807) is 18.3 Å². The van der Waals surface area contributed by atoms with Crippen molar-refractivity contribution in [1.82, 2.24) is 10.3 Å². The molecule has 4 aromatic rings. The number of ether oxygens (including phenoxy) is 1. The lowest BCUT2D eigenvalue weighted by atomic mass is 10.0. The molecule has 0 bridgehead atoms. The lowest BCUT2D eigenvalue weighted by Crippen LogP contribution is -2.30. The van der Waals surface area contributed by atoms with Crippen molar-refractivity contribution in [1.29, 1.82) is 0 Å². The Hall–Kier alpha value is -3.93. The van der Waals surface area contributed by atoms with Gasteiger partial charge in [-0.25, -0.2) is 4.79 Å². The molecule has 0 aliphatic rings. The SMILES string of the molecule is O=C(COc1ccc2c(-c3ccccc3)cc(=O)oc2c1)NCCc1ccccn1. The van der Waals surface area contributed by atoms with E-state index in [9.17, 15) is 9.59 Å². The first kappa shape index (κ1) is 19.4. The summed E-state index contributed by atoms with van der Waals surface area (Å²) in [5.74, 6) is 0.223. The topological polar surface area (TPSA) is 81.4 Å². The fourth-order valence-corrected chi connectivity index (χ4v) is 3.17. The van der Waals surface area contributed by atoms with Gasteiger partial charge in [0.15, 0.2) is 6.61 Å². The Balaban J connectivity index is 1.41. The number of benzene rings is 2. The molecule has 0 fully saturated rings. The van der Waals surface area contributed by atoms with Crippen LogP contribution >= 0.6 is 0 Å². The number of fused-ring (bicyclic) bond motifs is 1. The summed E-state index contributed by atoms with van der Waals surface area (Å²) in [5, 5.41) is 3.60. The Bertz CT molecular complexity index is 1200. The Morgan fingerprint density at radius 3 is 2.63 bits per heavy atom. The standard InChI is InChI=1S/C24H20N2O4/c27-23(26-13-11-18-8-4-5-12-25-18)16-29-19-9-10-20-21(17-6-2-1-3-7-17)15-24(28)30-22(20)14-19/h1-10,12,14-15H,11,13,16H2,(H,26,27). The number of nitrogens with zero attached hydrogens (tertiary/aromatic N) is 1. The number of aromatic nitrogens is 1. The Kier molecular flexibility index (Phi) is 5.85. The number of amides is 1. The maximum atomic E-state index is 12.0. The van der Waals surface area contributed by atoms with Crippen LogP contribution in [0, 0.1) is 0 Å². The third-order valence-electron chi connectivity index (χ3n) is 4.60. The third kappa shape index (κ3) is 4.72. The van der Waals surface area contributed by atoms with E-state index in [0.717, 1.165) is 22.2 Å². The van der Waals surface area contributed by atoms with Crippen molar-refractivity contribution < 1.29 is 13.9 Å². The molecule has 0 aliphatic heterocycles. The highest BCUT2D eigenvalue weighted by Crippen LogP contribution is 2.29. The number of hydrogen-bond acceptors (Lipinski definition) is 5. The molecule has 0 radical (unpaired) electrons. The van der Waals surface area contributed by atoms with Crippen molar-refractivity contribution in [3.8, 4) is 16.9 Å². The van der Waals surface area contributed by atoms with Crippen LogP contribution in [0.4, 0.5) is 0 Å². The molecular weight excluding hydrogens is 380 g/mol. The van der Waals surface area contributed by atoms with Crippen LogP contribution in [0.25, 0.3) is 22.1 Å². The van der Waals surface area contributed by atoms with Crippen LogP contribution in [-0.4, -0.2) is 24.0 Å². The van der Waals surface area contributed by atoms with Crippen LogP contribution in [-0.2, 0) is 11.2 Å². The van der Waals surface area contributed by atoms with E-state index in [-0.39, 0.29) is 12.5 Å². The first-order valence-electron chi connectivity index (χ1n) is 9.62. The predicted molar refractivity (Wildman–Crippen MR) is 114 cm³/mol. The van der Waals surface area contributed by atoms with Crippen LogP contribution in [0.15, 0.2) is 88.2 Å². The summed E-state index contributed by atoms with van der Waals surface area (Å²) in [6, 6.07) is 22.0. The lowest BCUT2D eigenvalue weighted by Gasteiger charge is -2.09. The molecule has 0 spiro atoms. The zero-order chi connectivity index (χ0) is 20.8. The average molecular weight is 400 g/mol. The molecule has 4 rings (SSSR count). The molecular formula is C24H20N2O4. The first-order valence-corrected chi connectivity index (χ1v) is 9.62. The maximum absolute atomic E-state index is 12.0. The van der Waals surface area contributed by atoms with Gasteiger partial charge in [0.25, 0.3) is 5.91 Å². The largest absolute Gasteiger partial charge is 0.484 e. The third-order valence-corrected chi connectivity index (χ3v) is 4.60. The lowest BCUT2D eigenvalue weighted by molar-refractivity contribution is -0.123. The summed E-state index contributed by atoms with van der Waals surface area (Å²) < 4.78 is 10.9. The molecule has 0 saturated heterocycles. The molecule has 0 aliphatic carbocycles. The number of carbonyl (C=O) groups excluding carboxylic acids is 1. The van der Waals surface area contributed by atoms with E-state index in [0.29, 0.717) is 24.3 Å². The van der Waals surface area contributed by atoms with Crippen molar-refractivity contribution in [3.63, 3.8) is 0 Å². The van der Waals surface area contributed by atoms with E-state index < -0.39 is 5.63 Å². The highest BCUT2D eigenvalue weighted by Gasteiger charge is 2.10. The van der Waals surface area contributed by atoms with Gasteiger partial charge in [-0.1, -0.05) is 36.4 Å². The molecule has 0 atom stereocenters. The molecule has 2 aromatic heterocycles. The van der Waals surface area contributed by atoms with E-state index in [4.69, 9.17) is 9.15 Å². The van der Waals surface area contributed by atoms with Crippen molar-refractivity contribution in [2.45, 2.75) is 6.42 Å². The number of pyridine rings is 1. The monoisotopic (exact) mass is 400 g/mol. The van der Waals surface area contributed by atoms with Crippen LogP contribution in [0.5, 0.6) is 5.75 Å². The van der Waals surface area contributed by atoms with Gasteiger partial charge in [0.1, 0.15) is 11.3 Å². The molecule has 2 heterocycles. The summed E-state index contributed by atoms with van der Waals surface area (Å²) >= 11 is 0. The molecule has 1 N–H and O–H groups in total. The van der Waals surface area contributed by atoms with Crippen LogP contribution in [0.1, 0.15) is 5.69 Å². The van der Waals surface area contributed by atoms with Gasteiger partial charge in [0.2, 0.25) is 0 Å². The number of carbonyl (C=O) groups is 1. The summed E-state index contributed by atoms with van der Waals surface area (Å²) in [7, 11) is 0. The van der Waals surface area contributed by atoms with Crippen molar-refractivity contribution in [2.75, 3.05) is 13.2 Å². The van der Waals surface area contributed by atoms with E-state index in [1.165, 1.54) is 6.07 Å². The van der Waals surface area contributed by atoms with Crippen LogP contribution in [0.2, 0.25) is 0 Å². The summed E-state index contributed by atoms with van der Waals surface area (Å²) in [4.78, 5) is 28.3. The Labute approximate surface area is 173 Å². The van der Waals surface area contributed by atoms with Gasteiger partial charge in [-0.15, -0.1) is 0 Å². The smallest absolute Gasteiger partial charge is 0.336 e. The second-order valence-corrected chi connectivity index (χ2v) is 6.71. The maximum Gasteiger partial charge on any atom is 0.336 e. The van der Waals surface area contributed by atoms with Crippen molar-refractivity contribution in [2.24, 2.45) is 0 Å². The summed E-state index contributed by atoms with van der Waals surface area (Å²) in [6.45, 7) is 0.350. The van der Waals surface area contributed by atoms with E-state index in [2.05, 4.69) is 10.3 Å². The zero-order valence-electron chi connectivity index (χ0n) is 16.2. The number of nitrogens with one attached hydrogen (secondary N) is 1. The second kappa shape index (κ2) is 9.05. The van der Waals surface area contributed by atoms with Gasteiger partial charge >= 0.3 is 5.63 Å². The zero-order valence-corrected chi connectivity index (χ0v) is 16.2. The molecule has 2 aromatic carbocycles. The van der Waals surface area contributed by atoms with Crippen LogP contribution < -0.4 is 15.7 Å². The van der Waals surface area contributed by atoms with Crippen molar-refractivity contribution >= 4 is 16.9 Å². The second-order valence-electron chi connectivity index (χ2n) is 6.71. The molecule has 6 nitrogen and oxygen atoms in total. The number of hydrogen-bond donors (Lipinski definition) is 1. The average Bonchev–Trinajstić information content (AvgIpc) is 2.78. The molecule has 6 heteroatoms. The normalized spacial score (nSPS) is 10.7. The van der Waals surface area contributed by atoms with Crippen LogP contribution in [0.3, 0.4) is 0 Å². The summed E-state index contributed by atoms with van der Waals surface area (Å²) in [5.41, 5.74) is 2.61. The Morgan fingerprint density at radius 1 is 1.00 bits per heavy atom. The van der Waals surface area contributed by atoms with E-state index >= 15 is 0 Å². The summed E-state index contributed by atoms with van der Waals surface area (Å²) in [6.07, 6.45) is 2.37. The van der Waals surface area contributed by atoms with Crippen molar-refractivity contribution in [3.05, 3.63) is 95.1 Å². The predicted octanol–water partition coefficient (Wildman–Crippen LogP) is 3.59. The number of rotatable bonds is 7. The molecule has 30 heavy (non-hydrogen) atoms. The minimum atomic E-state index is -0.439. The fraction of sp³-hybridized carbons (Fsp3) is 0.125. The minimum absolute atomic E-state index is 0.129. The Morgan fingerprint density at radius 2 is 1.83 bits per heavy atom. The minimum Gasteiger partial charge on any atom is -0.484 e. The first-order chi connectivity index (χ1) is 14.7. The van der Waals surface area contributed by atoms with Gasteiger partial charge in [-0.3, -0.25) is 9.78 Å². The molecule has 1 amide bonds. The fourth-order valence-electron chi connectivity index (χ4n) is 3.17. The van der Waals surface area contributed by atoms with Gasteiger partial charge in [-0.05, 0) is 35.4 Å². The molecule has 0 unspecified atom stereocenters. The van der Waals surface area contributed by atoms with Gasteiger partial charge < -0.3 is 14.5 Å². The van der Waals surface area contributed by atoms with E-state index in [1.807, 2.05) is 54.6 Å². The quantitative estimate of drug-likeness (QED) is 0.480. The molecule has 150 valence electrons.